The monoisotopic (exact) mass is 187 g/mol. The number of thioether (sulfide) groups is 1. The molecule has 0 saturated heterocycles. The number of rotatable bonds is 3. The predicted molar refractivity (Wildman–Crippen MR) is 57.6 cm³/mol. The van der Waals surface area contributed by atoms with E-state index in [9.17, 15) is 0 Å². The van der Waals surface area contributed by atoms with Gasteiger partial charge in [0.25, 0.3) is 0 Å². The number of hydrogen-bond acceptors (Lipinski definition) is 2. The molecule has 1 nitrogen and oxygen atoms in total. The minimum atomic E-state index is 0.450. The van der Waals surface area contributed by atoms with Gasteiger partial charge in [-0.05, 0) is 18.6 Å². The van der Waals surface area contributed by atoms with Crippen molar-refractivity contribution in [1.82, 2.24) is 0 Å². The molecule has 1 rings (SSSR count). The zero-order valence-electron chi connectivity index (χ0n) is 8.14. The zero-order valence-corrected chi connectivity index (χ0v) is 8.96. The Bertz CT molecular complexity index is 117. The fourth-order valence-corrected chi connectivity index (χ4v) is 3.39. The molecule has 0 aromatic rings. The van der Waals surface area contributed by atoms with Crippen LogP contribution in [0, 0.1) is 0 Å². The first-order valence-corrected chi connectivity index (χ1v) is 6.15. The summed E-state index contributed by atoms with van der Waals surface area (Å²) in [5.74, 6) is 1.22. The molecule has 12 heavy (non-hydrogen) atoms. The van der Waals surface area contributed by atoms with Gasteiger partial charge >= 0.3 is 0 Å². The molecule has 1 saturated carbocycles. The second-order valence-corrected chi connectivity index (χ2v) is 5.47. The van der Waals surface area contributed by atoms with E-state index in [2.05, 4.69) is 18.7 Å². The number of hydrogen-bond donors (Lipinski definition) is 1. The lowest BCUT2D eigenvalue weighted by Crippen LogP contribution is -2.34. The highest BCUT2D eigenvalue weighted by molar-refractivity contribution is 8.00. The molecular weight excluding hydrogens is 166 g/mol. The van der Waals surface area contributed by atoms with Crippen LogP contribution in [0.2, 0.25) is 0 Å². The maximum absolute atomic E-state index is 5.87. The highest BCUT2D eigenvalue weighted by Crippen LogP contribution is 2.37. The van der Waals surface area contributed by atoms with Gasteiger partial charge in [-0.15, -0.1) is 0 Å². The summed E-state index contributed by atoms with van der Waals surface area (Å²) in [6.45, 7) is 3.12. The maximum Gasteiger partial charge on any atom is 0.0282 e. The van der Waals surface area contributed by atoms with E-state index in [0.717, 1.165) is 6.54 Å². The summed E-state index contributed by atoms with van der Waals surface area (Å²) in [7, 11) is 0. The van der Waals surface area contributed by atoms with E-state index in [0.29, 0.717) is 4.75 Å². The first kappa shape index (κ1) is 10.4. The molecule has 1 aliphatic carbocycles. The SMILES string of the molecule is CCSC1(CN)CCCCCC1. The van der Waals surface area contributed by atoms with Gasteiger partial charge in [0, 0.05) is 11.3 Å². The Labute approximate surface area is 80.5 Å². The highest BCUT2D eigenvalue weighted by atomic mass is 32.2. The Kier molecular flexibility index (Phi) is 4.44. The summed E-state index contributed by atoms with van der Waals surface area (Å²) in [6, 6.07) is 0. The van der Waals surface area contributed by atoms with Crippen molar-refractivity contribution in [3.8, 4) is 0 Å². The highest BCUT2D eigenvalue weighted by Gasteiger charge is 2.28. The van der Waals surface area contributed by atoms with E-state index in [1.807, 2.05) is 0 Å². The van der Waals surface area contributed by atoms with Crippen LogP contribution in [0.3, 0.4) is 0 Å². The summed E-state index contributed by atoms with van der Waals surface area (Å²) in [6.07, 6.45) is 8.33. The van der Waals surface area contributed by atoms with Gasteiger partial charge in [-0.25, -0.2) is 0 Å². The minimum Gasteiger partial charge on any atom is -0.329 e. The lowest BCUT2D eigenvalue weighted by atomic mass is 10.00. The molecule has 0 amide bonds. The normalized spacial score (nSPS) is 23.5. The standard InChI is InChI=1S/C10H21NS/c1-2-12-10(9-11)7-5-3-4-6-8-10/h2-9,11H2,1H3. The van der Waals surface area contributed by atoms with Crippen LogP contribution in [-0.2, 0) is 0 Å². The molecule has 2 N–H and O–H groups in total. The molecule has 2 heteroatoms. The molecule has 0 bridgehead atoms. The van der Waals surface area contributed by atoms with Crippen LogP contribution in [0.25, 0.3) is 0 Å². The molecule has 0 spiro atoms. The predicted octanol–water partition coefficient (Wildman–Crippen LogP) is 2.79. The van der Waals surface area contributed by atoms with E-state index in [1.165, 1.54) is 44.3 Å². The lowest BCUT2D eigenvalue weighted by molar-refractivity contribution is 0.521. The molecule has 0 aromatic carbocycles. The van der Waals surface area contributed by atoms with Crippen LogP contribution in [0.5, 0.6) is 0 Å². The van der Waals surface area contributed by atoms with E-state index in [-0.39, 0.29) is 0 Å². The second-order valence-electron chi connectivity index (χ2n) is 3.73. The molecule has 0 radical (unpaired) electrons. The van der Waals surface area contributed by atoms with Crippen molar-refractivity contribution >= 4 is 11.8 Å². The van der Waals surface area contributed by atoms with Gasteiger partial charge in [0.15, 0.2) is 0 Å². The quantitative estimate of drug-likeness (QED) is 0.688. The van der Waals surface area contributed by atoms with Gasteiger partial charge < -0.3 is 5.73 Å². The Morgan fingerprint density at radius 1 is 1.17 bits per heavy atom. The average molecular weight is 187 g/mol. The minimum absolute atomic E-state index is 0.450. The van der Waals surface area contributed by atoms with Crippen molar-refractivity contribution in [2.75, 3.05) is 12.3 Å². The van der Waals surface area contributed by atoms with Crippen molar-refractivity contribution in [3.63, 3.8) is 0 Å². The fourth-order valence-electron chi connectivity index (χ4n) is 2.09. The van der Waals surface area contributed by atoms with Crippen LogP contribution in [-0.4, -0.2) is 17.0 Å². The van der Waals surface area contributed by atoms with Gasteiger partial charge in [0.05, 0.1) is 0 Å². The van der Waals surface area contributed by atoms with Gasteiger partial charge in [0.1, 0.15) is 0 Å². The molecule has 0 aromatic heterocycles. The van der Waals surface area contributed by atoms with Crippen LogP contribution in [0.15, 0.2) is 0 Å². The molecular formula is C10H21NS. The van der Waals surface area contributed by atoms with Gasteiger partial charge in [-0.1, -0.05) is 32.6 Å². The second kappa shape index (κ2) is 5.13. The topological polar surface area (TPSA) is 26.0 Å². The van der Waals surface area contributed by atoms with Crippen molar-refractivity contribution in [2.24, 2.45) is 5.73 Å². The van der Waals surface area contributed by atoms with Crippen molar-refractivity contribution in [2.45, 2.75) is 50.2 Å². The molecule has 0 atom stereocenters. The van der Waals surface area contributed by atoms with Crippen molar-refractivity contribution in [1.29, 1.82) is 0 Å². The molecule has 72 valence electrons. The molecule has 0 unspecified atom stereocenters. The summed E-state index contributed by atoms with van der Waals surface area (Å²) in [5, 5.41) is 0. The Morgan fingerprint density at radius 3 is 2.17 bits per heavy atom. The maximum atomic E-state index is 5.87. The molecule has 0 aliphatic heterocycles. The fraction of sp³-hybridized carbons (Fsp3) is 1.00. The molecule has 1 fully saturated rings. The molecule has 1 aliphatic rings. The van der Waals surface area contributed by atoms with E-state index >= 15 is 0 Å². The zero-order chi connectivity index (χ0) is 8.86. The van der Waals surface area contributed by atoms with Crippen molar-refractivity contribution < 1.29 is 0 Å². The first-order valence-electron chi connectivity index (χ1n) is 5.17. The lowest BCUT2D eigenvalue weighted by Gasteiger charge is -2.30. The van der Waals surface area contributed by atoms with Gasteiger partial charge in [-0.3, -0.25) is 0 Å². The van der Waals surface area contributed by atoms with Crippen LogP contribution < -0.4 is 5.73 Å². The third kappa shape index (κ3) is 2.67. The summed E-state index contributed by atoms with van der Waals surface area (Å²) < 4.78 is 0.450. The third-order valence-corrected chi connectivity index (χ3v) is 4.31. The largest absolute Gasteiger partial charge is 0.329 e. The average Bonchev–Trinajstić information content (AvgIpc) is 2.32. The molecule has 0 heterocycles. The Hall–Kier alpha value is 0.310. The summed E-state index contributed by atoms with van der Waals surface area (Å²) in [5.41, 5.74) is 5.87. The van der Waals surface area contributed by atoms with Crippen molar-refractivity contribution in [3.05, 3.63) is 0 Å². The number of nitrogens with two attached hydrogens (primary N) is 1. The smallest absolute Gasteiger partial charge is 0.0282 e. The van der Waals surface area contributed by atoms with E-state index in [4.69, 9.17) is 5.73 Å². The third-order valence-electron chi connectivity index (χ3n) is 2.84. The van der Waals surface area contributed by atoms with Gasteiger partial charge in [-0.2, -0.15) is 11.8 Å². The van der Waals surface area contributed by atoms with E-state index in [1.54, 1.807) is 0 Å². The first-order chi connectivity index (χ1) is 5.83. The van der Waals surface area contributed by atoms with Gasteiger partial charge in [0.2, 0.25) is 0 Å². The Morgan fingerprint density at radius 2 is 1.75 bits per heavy atom. The van der Waals surface area contributed by atoms with Crippen LogP contribution >= 0.6 is 11.8 Å². The summed E-state index contributed by atoms with van der Waals surface area (Å²) in [4.78, 5) is 0. The summed E-state index contributed by atoms with van der Waals surface area (Å²) >= 11 is 2.09. The van der Waals surface area contributed by atoms with Crippen LogP contribution in [0.4, 0.5) is 0 Å². The van der Waals surface area contributed by atoms with Crippen LogP contribution in [0.1, 0.15) is 45.4 Å². The van der Waals surface area contributed by atoms with E-state index < -0.39 is 0 Å². The Balaban J connectivity index is 2.48.